The Labute approximate surface area is 129 Å². The normalized spacial score (nSPS) is 19.1. The smallest absolute Gasteiger partial charge is 0.111 e. The van der Waals surface area contributed by atoms with Crippen molar-refractivity contribution in [3.05, 3.63) is 40.2 Å². The molecule has 1 N–H and O–H groups in total. The average Bonchev–Trinajstić information content (AvgIpc) is 2.99. The van der Waals surface area contributed by atoms with Crippen molar-refractivity contribution in [2.75, 3.05) is 18.1 Å². The van der Waals surface area contributed by atoms with Crippen LogP contribution in [0.25, 0.3) is 11.3 Å². The van der Waals surface area contributed by atoms with Gasteiger partial charge in [-0.1, -0.05) is 37.6 Å². The molecule has 1 saturated heterocycles. The zero-order chi connectivity index (χ0) is 13.8. The standard InChI is InChI=1S/C16H20N2S2/c1-2-3-12-4-6-13(7-5-12)14-11-20-16(18-14)15-10-19-9-8-17-15/h4-7,11,15,17H,2-3,8-10H2,1H3. The van der Waals surface area contributed by atoms with Gasteiger partial charge in [0.25, 0.3) is 0 Å². The van der Waals surface area contributed by atoms with Gasteiger partial charge >= 0.3 is 0 Å². The number of thioether (sulfide) groups is 1. The maximum absolute atomic E-state index is 4.82. The molecule has 0 saturated carbocycles. The predicted molar refractivity (Wildman–Crippen MR) is 89.6 cm³/mol. The molecule has 1 aliphatic heterocycles. The summed E-state index contributed by atoms with van der Waals surface area (Å²) in [6, 6.07) is 9.30. The summed E-state index contributed by atoms with van der Waals surface area (Å²) < 4.78 is 0. The van der Waals surface area contributed by atoms with Crippen LogP contribution in [0.3, 0.4) is 0 Å². The first-order chi connectivity index (χ1) is 9.86. The first-order valence-corrected chi connectivity index (χ1v) is 9.26. The largest absolute Gasteiger partial charge is 0.306 e. The second-order valence-corrected chi connectivity index (χ2v) is 7.14. The molecular formula is C16H20N2S2. The van der Waals surface area contributed by atoms with Crippen LogP contribution in [0.15, 0.2) is 29.6 Å². The first-order valence-electron chi connectivity index (χ1n) is 7.22. The molecule has 0 bridgehead atoms. The first kappa shape index (κ1) is 14.1. The Morgan fingerprint density at radius 1 is 1.30 bits per heavy atom. The van der Waals surface area contributed by atoms with Crippen molar-refractivity contribution < 1.29 is 0 Å². The lowest BCUT2D eigenvalue weighted by Crippen LogP contribution is -2.30. The van der Waals surface area contributed by atoms with Gasteiger partial charge in [-0.3, -0.25) is 0 Å². The number of rotatable bonds is 4. The van der Waals surface area contributed by atoms with Gasteiger partial charge in [0.2, 0.25) is 0 Å². The lowest BCUT2D eigenvalue weighted by Gasteiger charge is -2.20. The Balaban J connectivity index is 1.75. The molecule has 3 rings (SSSR count). The van der Waals surface area contributed by atoms with Gasteiger partial charge in [0.15, 0.2) is 0 Å². The van der Waals surface area contributed by atoms with E-state index in [0.717, 1.165) is 24.4 Å². The molecule has 2 nitrogen and oxygen atoms in total. The number of nitrogens with zero attached hydrogens (tertiary/aromatic N) is 1. The number of aromatic nitrogens is 1. The fraction of sp³-hybridized carbons (Fsp3) is 0.438. The summed E-state index contributed by atoms with van der Waals surface area (Å²) in [6.07, 6.45) is 2.36. The summed E-state index contributed by atoms with van der Waals surface area (Å²) in [5.74, 6) is 2.36. The van der Waals surface area contributed by atoms with Gasteiger partial charge in [-0.2, -0.15) is 11.8 Å². The fourth-order valence-electron chi connectivity index (χ4n) is 2.44. The van der Waals surface area contributed by atoms with Crippen LogP contribution >= 0.6 is 23.1 Å². The molecule has 1 aromatic heterocycles. The highest BCUT2D eigenvalue weighted by atomic mass is 32.2. The molecule has 106 valence electrons. The minimum atomic E-state index is 0.437. The highest BCUT2D eigenvalue weighted by molar-refractivity contribution is 7.99. The molecule has 0 aliphatic carbocycles. The van der Waals surface area contributed by atoms with Crippen molar-refractivity contribution >= 4 is 23.1 Å². The molecule has 1 aliphatic rings. The summed E-state index contributed by atoms with van der Waals surface area (Å²) in [6.45, 7) is 3.31. The Bertz CT molecular complexity index is 542. The van der Waals surface area contributed by atoms with Gasteiger partial charge in [-0.25, -0.2) is 4.98 Å². The molecule has 20 heavy (non-hydrogen) atoms. The van der Waals surface area contributed by atoms with Crippen LogP contribution in [0.2, 0.25) is 0 Å². The van der Waals surface area contributed by atoms with E-state index in [4.69, 9.17) is 4.98 Å². The highest BCUT2D eigenvalue weighted by Crippen LogP contribution is 2.29. The summed E-state index contributed by atoms with van der Waals surface area (Å²) in [7, 11) is 0. The van der Waals surface area contributed by atoms with E-state index in [1.54, 1.807) is 11.3 Å². The van der Waals surface area contributed by atoms with Crippen LogP contribution in [0.5, 0.6) is 0 Å². The number of aryl methyl sites for hydroxylation is 1. The third kappa shape index (κ3) is 3.25. The van der Waals surface area contributed by atoms with Gasteiger partial charge in [0, 0.05) is 29.0 Å². The van der Waals surface area contributed by atoms with E-state index in [-0.39, 0.29) is 0 Å². The van der Waals surface area contributed by atoms with E-state index in [2.05, 4.69) is 41.9 Å². The van der Waals surface area contributed by atoms with Crippen molar-refractivity contribution in [3.63, 3.8) is 0 Å². The van der Waals surface area contributed by atoms with E-state index in [1.807, 2.05) is 11.8 Å². The quantitative estimate of drug-likeness (QED) is 0.919. The SMILES string of the molecule is CCCc1ccc(-c2csc(C3CSCCN3)n2)cc1. The molecule has 2 aromatic rings. The minimum Gasteiger partial charge on any atom is -0.306 e. The summed E-state index contributed by atoms with van der Waals surface area (Å²) in [5.41, 5.74) is 3.76. The van der Waals surface area contributed by atoms with Crippen LogP contribution in [0.1, 0.15) is 30.0 Å². The summed E-state index contributed by atoms with van der Waals surface area (Å²) in [5, 5.41) is 6.97. The average molecular weight is 304 g/mol. The van der Waals surface area contributed by atoms with Gasteiger partial charge < -0.3 is 5.32 Å². The number of benzene rings is 1. The van der Waals surface area contributed by atoms with Crippen LogP contribution in [-0.4, -0.2) is 23.0 Å². The van der Waals surface area contributed by atoms with Gasteiger partial charge in [0.1, 0.15) is 5.01 Å². The molecule has 1 aromatic carbocycles. The van der Waals surface area contributed by atoms with Gasteiger partial charge in [-0.15, -0.1) is 11.3 Å². The third-order valence-corrected chi connectivity index (χ3v) is 5.55. The second-order valence-electron chi connectivity index (χ2n) is 5.10. The Morgan fingerprint density at radius 3 is 2.85 bits per heavy atom. The molecule has 0 amide bonds. The fourth-order valence-corrected chi connectivity index (χ4v) is 4.38. The van der Waals surface area contributed by atoms with E-state index in [9.17, 15) is 0 Å². The molecule has 1 unspecified atom stereocenters. The third-order valence-electron chi connectivity index (χ3n) is 3.53. The lowest BCUT2D eigenvalue weighted by molar-refractivity contribution is 0.592. The van der Waals surface area contributed by atoms with Crippen molar-refractivity contribution in [3.8, 4) is 11.3 Å². The molecule has 2 heterocycles. The van der Waals surface area contributed by atoms with E-state index >= 15 is 0 Å². The molecule has 1 fully saturated rings. The molecule has 4 heteroatoms. The minimum absolute atomic E-state index is 0.437. The zero-order valence-electron chi connectivity index (χ0n) is 11.8. The molecule has 0 spiro atoms. The highest BCUT2D eigenvalue weighted by Gasteiger charge is 2.18. The maximum Gasteiger partial charge on any atom is 0.111 e. The van der Waals surface area contributed by atoms with E-state index < -0.39 is 0 Å². The molecular weight excluding hydrogens is 284 g/mol. The number of nitrogens with one attached hydrogen (secondary N) is 1. The molecule has 1 atom stereocenters. The summed E-state index contributed by atoms with van der Waals surface area (Å²) >= 11 is 3.79. The summed E-state index contributed by atoms with van der Waals surface area (Å²) in [4.78, 5) is 4.82. The van der Waals surface area contributed by atoms with Gasteiger partial charge in [0.05, 0.1) is 11.7 Å². The molecule has 0 radical (unpaired) electrons. The lowest BCUT2D eigenvalue weighted by atomic mass is 10.1. The zero-order valence-corrected chi connectivity index (χ0v) is 13.4. The van der Waals surface area contributed by atoms with Gasteiger partial charge in [-0.05, 0) is 12.0 Å². The Hall–Kier alpha value is -0.840. The predicted octanol–water partition coefficient (Wildman–Crippen LogP) is 4.14. The monoisotopic (exact) mass is 304 g/mol. The van der Waals surface area contributed by atoms with Crippen LogP contribution in [0.4, 0.5) is 0 Å². The Kier molecular flexibility index (Phi) is 4.76. The van der Waals surface area contributed by atoms with Crippen molar-refractivity contribution in [1.82, 2.24) is 10.3 Å². The maximum atomic E-state index is 4.82. The number of hydrogen-bond acceptors (Lipinski definition) is 4. The van der Waals surface area contributed by atoms with Crippen molar-refractivity contribution in [2.45, 2.75) is 25.8 Å². The number of thiazole rings is 1. The van der Waals surface area contributed by atoms with Crippen molar-refractivity contribution in [1.29, 1.82) is 0 Å². The second kappa shape index (κ2) is 6.74. The van der Waals surface area contributed by atoms with Crippen LogP contribution in [0, 0.1) is 0 Å². The number of hydrogen-bond donors (Lipinski definition) is 1. The Morgan fingerprint density at radius 2 is 2.15 bits per heavy atom. The van der Waals surface area contributed by atoms with Crippen molar-refractivity contribution in [2.24, 2.45) is 0 Å². The van der Waals surface area contributed by atoms with Crippen LogP contribution < -0.4 is 5.32 Å². The van der Waals surface area contributed by atoms with Crippen LogP contribution in [-0.2, 0) is 6.42 Å². The van der Waals surface area contributed by atoms with E-state index in [0.29, 0.717) is 6.04 Å². The topological polar surface area (TPSA) is 24.9 Å². The van der Waals surface area contributed by atoms with E-state index in [1.165, 1.54) is 28.3 Å².